The summed E-state index contributed by atoms with van der Waals surface area (Å²) >= 11 is 0. The fourth-order valence-electron chi connectivity index (χ4n) is 2.97. The van der Waals surface area contributed by atoms with E-state index in [2.05, 4.69) is 10.2 Å². The molecule has 0 aliphatic carbocycles. The molecule has 1 aromatic rings. The minimum Gasteiger partial charge on any atom is -0.497 e. The Kier molecular flexibility index (Phi) is 6.21. The van der Waals surface area contributed by atoms with E-state index < -0.39 is 6.10 Å². The first-order valence-electron chi connectivity index (χ1n) is 7.87. The van der Waals surface area contributed by atoms with Crippen LogP contribution in [0.4, 0.5) is 0 Å². The van der Waals surface area contributed by atoms with Gasteiger partial charge in [-0.15, -0.1) is 0 Å². The van der Waals surface area contributed by atoms with Gasteiger partial charge < -0.3 is 20.1 Å². The second-order valence-electron chi connectivity index (χ2n) is 6.00. The van der Waals surface area contributed by atoms with Crippen LogP contribution in [0.15, 0.2) is 24.3 Å². The number of carbonyl (C=O) groups is 1. The van der Waals surface area contributed by atoms with E-state index in [-0.39, 0.29) is 5.91 Å². The summed E-state index contributed by atoms with van der Waals surface area (Å²) in [7, 11) is 1.63. The normalized spacial score (nSPS) is 20.4. The number of hydrogen-bond acceptors (Lipinski definition) is 4. The first-order chi connectivity index (χ1) is 10.6. The third-order valence-corrected chi connectivity index (χ3v) is 4.15. The van der Waals surface area contributed by atoms with E-state index in [1.54, 1.807) is 14.0 Å². The van der Waals surface area contributed by atoms with E-state index in [9.17, 15) is 9.90 Å². The summed E-state index contributed by atoms with van der Waals surface area (Å²) in [5, 5.41) is 13.3. The van der Waals surface area contributed by atoms with Gasteiger partial charge >= 0.3 is 0 Å². The zero-order chi connectivity index (χ0) is 15.9. The molecule has 2 unspecified atom stereocenters. The number of ether oxygens (including phenoxy) is 1. The second-order valence-corrected chi connectivity index (χ2v) is 6.00. The highest BCUT2D eigenvalue weighted by molar-refractivity contribution is 5.72. The van der Waals surface area contributed by atoms with Gasteiger partial charge in [0.25, 0.3) is 0 Å². The van der Waals surface area contributed by atoms with Crippen LogP contribution in [0.3, 0.4) is 0 Å². The number of nitrogens with zero attached hydrogens (tertiary/aromatic N) is 1. The van der Waals surface area contributed by atoms with Crippen LogP contribution in [0, 0.1) is 5.92 Å². The fourth-order valence-corrected chi connectivity index (χ4v) is 2.97. The van der Waals surface area contributed by atoms with Crippen molar-refractivity contribution >= 4 is 5.91 Å². The highest BCUT2D eigenvalue weighted by Crippen LogP contribution is 2.22. The number of rotatable bonds is 6. The van der Waals surface area contributed by atoms with Crippen molar-refractivity contribution in [3.05, 3.63) is 29.8 Å². The molecule has 22 heavy (non-hydrogen) atoms. The molecule has 5 nitrogen and oxygen atoms in total. The summed E-state index contributed by atoms with van der Waals surface area (Å²) < 4.78 is 5.20. The Labute approximate surface area is 132 Å². The number of aliphatic hydroxyl groups excluding tert-OH is 1. The van der Waals surface area contributed by atoms with Gasteiger partial charge in [-0.05, 0) is 43.0 Å². The Morgan fingerprint density at radius 1 is 1.55 bits per heavy atom. The predicted octanol–water partition coefficient (Wildman–Crippen LogP) is 1.58. The fraction of sp³-hybridized carbons (Fsp3) is 0.588. The van der Waals surface area contributed by atoms with Gasteiger partial charge in [0.2, 0.25) is 5.91 Å². The molecule has 1 saturated heterocycles. The Morgan fingerprint density at radius 2 is 2.36 bits per heavy atom. The lowest BCUT2D eigenvalue weighted by molar-refractivity contribution is -0.119. The molecule has 0 radical (unpaired) electrons. The molecule has 0 aromatic heterocycles. The van der Waals surface area contributed by atoms with Gasteiger partial charge in [-0.1, -0.05) is 12.1 Å². The van der Waals surface area contributed by atoms with Crippen molar-refractivity contribution in [1.82, 2.24) is 10.2 Å². The molecule has 1 heterocycles. The highest BCUT2D eigenvalue weighted by Gasteiger charge is 2.22. The van der Waals surface area contributed by atoms with Crippen molar-refractivity contribution in [3.8, 4) is 5.75 Å². The lowest BCUT2D eigenvalue weighted by Gasteiger charge is -2.34. The third-order valence-electron chi connectivity index (χ3n) is 4.15. The van der Waals surface area contributed by atoms with Crippen molar-refractivity contribution in [2.24, 2.45) is 5.92 Å². The maximum atomic E-state index is 11.0. The predicted molar refractivity (Wildman–Crippen MR) is 85.8 cm³/mol. The maximum Gasteiger partial charge on any atom is 0.216 e. The van der Waals surface area contributed by atoms with E-state index in [1.165, 1.54) is 0 Å². The highest BCUT2D eigenvalue weighted by atomic mass is 16.5. The molecule has 0 saturated carbocycles. The topological polar surface area (TPSA) is 61.8 Å². The number of amides is 1. The number of carbonyl (C=O) groups excluding carboxylic acids is 1. The van der Waals surface area contributed by atoms with Crippen molar-refractivity contribution in [3.63, 3.8) is 0 Å². The van der Waals surface area contributed by atoms with Crippen LogP contribution in [-0.4, -0.2) is 49.2 Å². The lowest BCUT2D eigenvalue weighted by Crippen LogP contribution is -2.42. The smallest absolute Gasteiger partial charge is 0.216 e. The van der Waals surface area contributed by atoms with Crippen molar-refractivity contribution in [1.29, 1.82) is 0 Å². The molecule has 1 amide bonds. The zero-order valence-electron chi connectivity index (χ0n) is 13.4. The molecular formula is C17H26N2O3. The average Bonchev–Trinajstić information content (AvgIpc) is 2.53. The molecule has 5 heteroatoms. The number of methoxy groups -OCH3 is 1. The number of β-amino-alcohol motifs (C(OH)–C–C–N with tert-alkyl or cyclic N) is 1. The van der Waals surface area contributed by atoms with Crippen LogP contribution in [0.25, 0.3) is 0 Å². The monoisotopic (exact) mass is 306 g/mol. The number of likely N-dealkylation sites (tertiary alicyclic amines) is 1. The van der Waals surface area contributed by atoms with Crippen LogP contribution >= 0.6 is 0 Å². The third kappa shape index (κ3) is 5.00. The minimum atomic E-state index is -0.519. The van der Waals surface area contributed by atoms with Crippen LogP contribution in [0.5, 0.6) is 5.75 Å². The van der Waals surface area contributed by atoms with Gasteiger partial charge in [0.05, 0.1) is 13.2 Å². The first kappa shape index (κ1) is 16.8. The van der Waals surface area contributed by atoms with Crippen molar-refractivity contribution in [2.75, 3.05) is 33.3 Å². The van der Waals surface area contributed by atoms with Crippen molar-refractivity contribution < 1.29 is 14.6 Å². The minimum absolute atomic E-state index is 0.0218. The summed E-state index contributed by atoms with van der Waals surface area (Å²) in [6.45, 7) is 4.80. The van der Waals surface area contributed by atoms with Gasteiger partial charge in [-0.25, -0.2) is 0 Å². The van der Waals surface area contributed by atoms with Gasteiger partial charge in [0.15, 0.2) is 0 Å². The van der Waals surface area contributed by atoms with Crippen LogP contribution in [-0.2, 0) is 4.79 Å². The molecule has 1 fully saturated rings. The molecule has 0 bridgehead atoms. The number of piperidine rings is 1. The van der Waals surface area contributed by atoms with Gasteiger partial charge in [0, 0.05) is 26.6 Å². The quantitative estimate of drug-likeness (QED) is 0.837. The summed E-state index contributed by atoms with van der Waals surface area (Å²) in [6, 6.07) is 7.57. The van der Waals surface area contributed by atoms with Crippen LogP contribution in [0.1, 0.15) is 31.4 Å². The Hall–Kier alpha value is -1.59. The molecule has 1 aromatic carbocycles. The number of hydrogen-bond donors (Lipinski definition) is 2. The van der Waals surface area contributed by atoms with Gasteiger partial charge in [0.1, 0.15) is 5.75 Å². The second kappa shape index (κ2) is 8.15. The maximum absolute atomic E-state index is 11.0. The van der Waals surface area contributed by atoms with Gasteiger partial charge in [-0.3, -0.25) is 4.79 Å². The number of benzene rings is 1. The molecule has 1 aliphatic rings. The molecule has 2 rings (SSSR count). The lowest BCUT2D eigenvalue weighted by atomic mass is 9.97. The molecule has 0 spiro atoms. The van der Waals surface area contributed by atoms with E-state index in [1.807, 2.05) is 24.3 Å². The molecule has 2 N–H and O–H groups in total. The van der Waals surface area contributed by atoms with Gasteiger partial charge in [-0.2, -0.15) is 0 Å². The number of nitrogens with one attached hydrogen (secondary N) is 1. The molecule has 1 aliphatic heterocycles. The van der Waals surface area contributed by atoms with E-state index in [4.69, 9.17) is 4.74 Å². The Morgan fingerprint density at radius 3 is 3.09 bits per heavy atom. The number of aliphatic hydroxyl groups is 1. The first-order valence-corrected chi connectivity index (χ1v) is 7.87. The Bertz CT molecular complexity index is 493. The van der Waals surface area contributed by atoms with E-state index in [0.717, 1.165) is 43.8 Å². The summed E-state index contributed by atoms with van der Waals surface area (Å²) in [5.41, 5.74) is 0.878. The summed E-state index contributed by atoms with van der Waals surface area (Å²) in [4.78, 5) is 13.3. The molecule has 2 atom stereocenters. The van der Waals surface area contributed by atoms with Crippen LogP contribution in [0.2, 0.25) is 0 Å². The molecule has 122 valence electrons. The zero-order valence-corrected chi connectivity index (χ0v) is 13.4. The van der Waals surface area contributed by atoms with E-state index in [0.29, 0.717) is 12.5 Å². The van der Waals surface area contributed by atoms with Crippen LogP contribution < -0.4 is 10.1 Å². The Balaban J connectivity index is 1.87. The SMILES string of the molecule is COc1cccc(C(O)CN2CCCC(CNC(C)=O)C2)c1. The van der Waals surface area contributed by atoms with Crippen molar-refractivity contribution in [2.45, 2.75) is 25.9 Å². The van der Waals surface area contributed by atoms with E-state index >= 15 is 0 Å². The standard InChI is InChI=1S/C17H26N2O3/c1-13(20)18-10-14-5-4-8-19(11-14)12-17(21)15-6-3-7-16(9-15)22-2/h3,6-7,9,14,17,21H,4-5,8,10-12H2,1-2H3,(H,18,20). The summed E-state index contributed by atoms with van der Waals surface area (Å²) in [5.74, 6) is 1.25. The average molecular weight is 306 g/mol. The molecular weight excluding hydrogens is 280 g/mol. The summed E-state index contributed by atoms with van der Waals surface area (Å²) in [6.07, 6.45) is 1.72. The largest absolute Gasteiger partial charge is 0.497 e.